The molecule has 0 saturated heterocycles. The predicted octanol–water partition coefficient (Wildman–Crippen LogP) is 6.07. The lowest BCUT2D eigenvalue weighted by atomic mass is 10.2. The number of nitrogens with zero attached hydrogens (tertiary/aromatic N) is 4. The average molecular weight is 564 g/mol. The quantitative estimate of drug-likeness (QED) is 0.230. The average Bonchev–Trinajstić information content (AvgIpc) is 3.37. The van der Waals surface area contributed by atoms with Crippen molar-refractivity contribution in [2.24, 2.45) is 0 Å². The number of methoxy groups -OCH3 is 2. The van der Waals surface area contributed by atoms with Crippen molar-refractivity contribution in [1.82, 2.24) is 19.7 Å². The van der Waals surface area contributed by atoms with E-state index in [-0.39, 0.29) is 34.6 Å². The highest BCUT2D eigenvalue weighted by molar-refractivity contribution is 6.30. The van der Waals surface area contributed by atoms with E-state index in [1.165, 1.54) is 29.2 Å². The second-order valence-electron chi connectivity index (χ2n) is 8.28. The van der Waals surface area contributed by atoms with E-state index < -0.39 is 11.7 Å². The first-order chi connectivity index (χ1) is 19.4. The Hall–Kier alpha value is -4.90. The molecule has 5 rings (SSSR count). The summed E-state index contributed by atoms with van der Waals surface area (Å²) in [4.78, 5) is 21.7. The molecule has 12 heteroatoms. The number of fused-ring (bicyclic) bond motifs is 1. The molecule has 0 spiro atoms. The Labute approximate surface area is 233 Å². The molecule has 1 N–H and O–H groups in total. The Bertz CT molecular complexity index is 1690. The Morgan fingerprint density at radius 2 is 1.80 bits per heavy atom. The lowest BCUT2D eigenvalue weighted by molar-refractivity contribution is 0.101. The topological polar surface area (TPSA) is 110 Å². The van der Waals surface area contributed by atoms with Crippen molar-refractivity contribution >= 4 is 34.2 Å². The summed E-state index contributed by atoms with van der Waals surface area (Å²) >= 11 is 5.85. The van der Waals surface area contributed by atoms with E-state index in [2.05, 4.69) is 20.4 Å². The van der Waals surface area contributed by atoms with Crippen molar-refractivity contribution in [2.75, 3.05) is 26.1 Å². The van der Waals surface area contributed by atoms with Crippen LogP contribution in [0.5, 0.6) is 28.7 Å². The maximum absolute atomic E-state index is 14.4. The zero-order valence-corrected chi connectivity index (χ0v) is 22.4. The molecule has 0 unspecified atom stereocenters. The van der Waals surface area contributed by atoms with Crippen LogP contribution >= 0.6 is 11.6 Å². The Kier molecular flexibility index (Phi) is 7.65. The molecular weight excluding hydrogens is 541 g/mol. The van der Waals surface area contributed by atoms with E-state index >= 15 is 0 Å². The summed E-state index contributed by atoms with van der Waals surface area (Å²) in [5, 5.41) is 7.87. The number of rotatable bonds is 9. The molecule has 0 bridgehead atoms. The molecule has 3 heterocycles. The van der Waals surface area contributed by atoms with Gasteiger partial charge in [0.25, 0.3) is 5.91 Å². The molecule has 10 nitrogen and oxygen atoms in total. The fraction of sp³-hybridized carbons (Fsp3) is 0.143. The predicted molar refractivity (Wildman–Crippen MR) is 147 cm³/mol. The first-order valence-corrected chi connectivity index (χ1v) is 12.4. The molecule has 2 aromatic carbocycles. The summed E-state index contributed by atoms with van der Waals surface area (Å²) < 4.78 is 38.0. The minimum atomic E-state index is -0.596. The zero-order chi connectivity index (χ0) is 28.2. The molecule has 0 aliphatic heterocycles. The highest BCUT2D eigenvalue weighted by atomic mass is 35.5. The maximum atomic E-state index is 14.4. The number of pyridine rings is 2. The van der Waals surface area contributed by atoms with Crippen LogP contribution in [0.4, 0.5) is 10.2 Å². The number of hydrogen-bond acceptors (Lipinski definition) is 8. The summed E-state index contributed by atoms with van der Waals surface area (Å²) in [7, 11) is 3.11. The van der Waals surface area contributed by atoms with Crippen molar-refractivity contribution < 1.29 is 28.1 Å². The van der Waals surface area contributed by atoms with Crippen LogP contribution in [-0.2, 0) is 0 Å². The number of carbonyl (C=O) groups is 1. The second kappa shape index (κ2) is 11.5. The first-order valence-electron chi connectivity index (χ1n) is 12.0. The molecular formula is C28H23ClFN5O5. The molecule has 40 heavy (non-hydrogen) atoms. The van der Waals surface area contributed by atoms with Crippen LogP contribution in [0, 0.1) is 5.82 Å². The molecule has 3 aromatic heterocycles. The van der Waals surface area contributed by atoms with E-state index in [0.717, 1.165) is 6.07 Å². The number of aromatic nitrogens is 4. The van der Waals surface area contributed by atoms with Crippen molar-refractivity contribution in [1.29, 1.82) is 0 Å². The van der Waals surface area contributed by atoms with E-state index in [1.54, 1.807) is 57.7 Å². The van der Waals surface area contributed by atoms with Gasteiger partial charge in [-0.05, 0) is 49.4 Å². The van der Waals surface area contributed by atoms with E-state index in [0.29, 0.717) is 33.9 Å². The highest BCUT2D eigenvalue weighted by Gasteiger charge is 2.21. The van der Waals surface area contributed by atoms with E-state index in [1.807, 2.05) is 0 Å². The third kappa shape index (κ3) is 5.45. The van der Waals surface area contributed by atoms with Gasteiger partial charge in [0.2, 0.25) is 0 Å². The first kappa shape index (κ1) is 26.7. The summed E-state index contributed by atoms with van der Waals surface area (Å²) in [5.41, 5.74) is 0.740. The summed E-state index contributed by atoms with van der Waals surface area (Å²) in [5.74, 6) is 1.31. The number of nitrogens with one attached hydrogen (secondary N) is 1. The van der Waals surface area contributed by atoms with Crippen LogP contribution in [0.1, 0.15) is 17.4 Å². The van der Waals surface area contributed by atoms with Gasteiger partial charge in [0, 0.05) is 22.7 Å². The van der Waals surface area contributed by atoms with Crippen molar-refractivity contribution in [3.05, 3.63) is 83.7 Å². The number of ether oxygens (including phenoxy) is 4. The minimum absolute atomic E-state index is 0.0362. The van der Waals surface area contributed by atoms with Crippen LogP contribution < -0.4 is 24.3 Å². The number of anilines is 1. The van der Waals surface area contributed by atoms with Gasteiger partial charge in [-0.2, -0.15) is 5.10 Å². The van der Waals surface area contributed by atoms with Crippen molar-refractivity contribution in [3.8, 4) is 34.4 Å². The van der Waals surface area contributed by atoms with Gasteiger partial charge in [-0.15, -0.1) is 0 Å². The monoisotopic (exact) mass is 563 g/mol. The fourth-order valence-electron chi connectivity index (χ4n) is 3.92. The second-order valence-corrected chi connectivity index (χ2v) is 8.72. The van der Waals surface area contributed by atoms with Crippen molar-refractivity contribution in [2.45, 2.75) is 6.92 Å². The van der Waals surface area contributed by atoms with E-state index in [9.17, 15) is 9.18 Å². The normalized spacial score (nSPS) is 10.8. The molecule has 1 amide bonds. The van der Waals surface area contributed by atoms with Gasteiger partial charge in [-0.3, -0.25) is 9.78 Å². The van der Waals surface area contributed by atoms with Crippen LogP contribution in [0.25, 0.3) is 16.6 Å². The Morgan fingerprint density at radius 3 is 2.50 bits per heavy atom. The Balaban J connectivity index is 1.35. The molecule has 0 radical (unpaired) electrons. The van der Waals surface area contributed by atoms with Gasteiger partial charge in [0.05, 0.1) is 38.7 Å². The smallest absolute Gasteiger partial charge is 0.281 e. The third-order valence-electron chi connectivity index (χ3n) is 5.76. The summed E-state index contributed by atoms with van der Waals surface area (Å²) in [6.45, 7) is 2.04. The largest absolute Gasteiger partial charge is 0.493 e. The lowest BCUT2D eigenvalue weighted by Gasteiger charge is -2.12. The molecule has 0 atom stereocenters. The molecule has 204 valence electrons. The van der Waals surface area contributed by atoms with Gasteiger partial charge in [-0.1, -0.05) is 11.6 Å². The van der Waals surface area contributed by atoms with Gasteiger partial charge in [0.1, 0.15) is 28.8 Å². The van der Waals surface area contributed by atoms with Crippen LogP contribution in [0.2, 0.25) is 5.02 Å². The fourth-order valence-corrected chi connectivity index (χ4v) is 4.08. The lowest BCUT2D eigenvalue weighted by Crippen LogP contribution is -2.15. The number of hydrogen-bond donors (Lipinski definition) is 1. The number of carbonyl (C=O) groups excluding carboxylic acids is 1. The highest BCUT2D eigenvalue weighted by Crippen LogP contribution is 2.37. The maximum Gasteiger partial charge on any atom is 0.281 e. The van der Waals surface area contributed by atoms with E-state index in [4.69, 9.17) is 30.5 Å². The summed E-state index contributed by atoms with van der Waals surface area (Å²) in [6.07, 6.45) is 4.52. The number of amides is 1. The SMILES string of the molecule is CCOc1cn(-c2ccc(Cl)cc2F)nc1C(=O)Nc1ccc(Oc2ccnc3cc(OC)c(OC)cc23)cn1. The van der Waals surface area contributed by atoms with Gasteiger partial charge in [-0.25, -0.2) is 14.1 Å². The van der Waals surface area contributed by atoms with Crippen molar-refractivity contribution in [3.63, 3.8) is 0 Å². The number of halogens is 2. The third-order valence-corrected chi connectivity index (χ3v) is 6.00. The summed E-state index contributed by atoms with van der Waals surface area (Å²) in [6, 6.07) is 12.6. The number of benzene rings is 2. The van der Waals surface area contributed by atoms with Gasteiger partial charge < -0.3 is 24.3 Å². The van der Waals surface area contributed by atoms with Crippen LogP contribution in [-0.4, -0.2) is 46.5 Å². The minimum Gasteiger partial charge on any atom is -0.493 e. The van der Waals surface area contributed by atoms with Gasteiger partial charge >= 0.3 is 0 Å². The van der Waals surface area contributed by atoms with Gasteiger partial charge in [0.15, 0.2) is 22.9 Å². The molecule has 0 fully saturated rings. The standard InChI is InChI=1S/C28H23ClFN5O5/c1-4-39-25-15-35(21-7-5-16(29)11-19(21)30)34-27(25)28(36)33-26-8-6-17(14-32-26)40-22-9-10-31-20-13-24(38-3)23(37-2)12-18(20)22/h5-15H,4H2,1-3H3,(H,32,33,36). The zero-order valence-electron chi connectivity index (χ0n) is 21.6. The van der Waals surface area contributed by atoms with Crippen LogP contribution in [0.3, 0.4) is 0 Å². The molecule has 0 aliphatic carbocycles. The molecule has 0 aliphatic rings. The molecule has 5 aromatic rings. The van der Waals surface area contributed by atoms with Crippen LogP contribution in [0.15, 0.2) is 67.1 Å². The molecule has 0 saturated carbocycles. The Morgan fingerprint density at radius 1 is 1.00 bits per heavy atom.